The highest BCUT2D eigenvalue weighted by Crippen LogP contribution is 2.42. The predicted molar refractivity (Wildman–Crippen MR) is 240 cm³/mol. The van der Waals surface area contributed by atoms with Crippen molar-refractivity contribution in [2.45, 2.75) is 34.6 Å². The monoisotopic (exact) mass is 822 g/mol. The van der Waals surface area contributed by atoms with Gasteiger partial charge in [0.15, 0.2) is 9.92 Å². The van der Waals surface area contributed by atoms with E-state index in [1.807, 2.05) is 91.9 Å². The maximum atomic E-state index is 14.8. The van der Waals surface area contributed by atoms with Gasteiger partial charge in [-0.1, -0.05) is 112 Å². The minimum Gasteiger partial charge on any atom is -0.339 e. The summed E-state index contributed by atoms with van der Waals surface area (Å²) in [5.41, 5.74) is 11.3. The first kappa shape index (κ1) is 37.5. The van der Waals surface area contributed by atoms with Crippen molar-refractivity contribution in [1.82, 2.24) is 18.8 Å². The molecule has 2 N–H and O–H groups in total. The number of para-hydroxylation sites is 4. The Bertz CT molecular complexity index is 2940. The molecule has 0 bridgehead atoms. The van der Waals surface area contributed by atoms with E-state index in [0.717, 1.165) is 75.4 Å². The summed E-state index contributed by atoms with van der Waals surface area (Å²) in [5, 5.41) is 7.67. The van der Waals surface area contributed by atoms with Gasteiger partial charge in [0.1, 0.15) is 34.7 Å². The van der Waals surface area contributed by atoms with Gasteiger partial charge in [0.25, 0.3) is 0 Å². The average Bonchev–Trinajstić information content (AvgIpc) is 3.95. The van der Waals surface area contributed by atoms with Crippen molar-refractivity contribution in [3.8, 4) is 22.5 Å². The lowest BCUT2D eigenvalue weighted by Crippen LogP contribution is -2.01. The molecule has 11 heteroatoms. The third kappa shape index (κ3) is 6.66. The fourth-order valence-corrected chi connectivity index (χ4v) is 9.64. The summed E-state index contributed by atoms with van der Waals surface area (Å²) < 4.78 is 36.0. The van der Waals surface area contributed by atoms with Crippen LogP contribution in [-0.4, -0.2) is 18.8 Å². The van der Waals surface area contributed by atoms with E-state index < -0.39 is 0 Å². The number of imidazole rings is 2. The number of anilines is 4. The summed E-state index contributed by atoms with van der Waals surface area (Å²) in [6.07, 6.45) is 0. The second-order valence-corrected chi connectivity index (χ2v) is 16.8. The van der Waals surface area contributed by atoms with Crippen LogP contribution in [0.5, 0.6) is 0 Å². The molecule has 0 aliphatic carbocycles. The Morgan fingerprint density at radius 3 is 1.43 bits per heavy atom. The molecule has 0 unspecified atom stereocenters. The molecule has 6 aromatic carbocycles. The Morgan fingerprint density at radius 1 is 0.517 bits per heavy atom. The van der Waals surface area contributed by atoms with Crippen LogP contribution >= 0.6 is 34.3 Å². The Morgan fingerprint density at radius 2 is 0.948 bits per heavy atom. The number of thiazole rings is 2. The summed E-state index contributed by atoms with van der Waals surface area (Å²) in [5.74, 6) is 0.928. The van der Waals surface area contributed by atoms with E-state index in [0.29, 0.717) is 33.4 Å². The van der Waals surface area contributed by atoms with Crippen molar-refractivity contribution in [1.29, 1.82) is 0 Å². The number of hydrogen-bond acceptors (Lipinski definition) is 6. The molecule has 58 heavy (non-hydrogen) atoms. The van der Waals surface area contributed by atoms with E-state index in [2.05, 4.69) is 59.2 Å². The zero-order chi connectivity index (χ0) is 40.2. The number of aromatic nitrogens is 4. The normalized spacial score (nSPS) is 11.4. The van der Waals surface area contributed by atoms with Crippen LogP contribution in [0.3, 0.4) is 0 Å². The number of fused-ring (bicyclic) bond motifs is 6. The van der Waals surface area contributed by atoms with Gasteiger partial charge in [-0.15, -0.1) is 0 Å². The summed E-state index contributed by atoms with van der Waals surface area (Å²) in [6, 6.07) is 38.5. The van der Waals surface area contributed by atoms with E-state index >= 15 is 0 Å². The van der Waals surface area contributed by atoms with Gasteiger partial charge in [0.05, 0.1) is 31.1 Å². The Kier molecular flexibility index (Phi) is 9.71. The first-order valence-electron chi connectivity index (χ1n) is 18.7. The maximum absolute atomic E-state index is 14.8. The lowest BCUT2D eigenvalue weighted by Gasteiger charge is -2.14. The van der Waals surface area contributed by atoms with Gasteiger partial charge in [-0.25, -0.2) is 18.7 Å². The van der Waals surface area contributed by atoms with E-state index in [1.54, 1.807) is 34.8 Å². The van der Waals surface area contributed by atoms with Gasteiger partial charge < -0.3 is 10.6 Å². The second kappa shape index (κ2) is 15.0. The topological polar surface area (TPSA) is 58.7 Å². The van der Waals surface area contributed by atoms with E-state index in [-0.39, 0.29) is 11.6 Å². The number of hydrogen-bond donors (Lipinski definition) is 2. The third-order valence-corrected chi connectivity index (χ3v) is 12.6. The van der Waals surface area contributed by atoms with Crippen LogP contribution in [0.15, 0.2) is 121 Å². The lowest BCUT2D eigenvalue weighted by atomic mass is 10.1. The Hall–Kier alpha value is -6.07. The molecule has 288 valence electrons. The molecule has 0 fully saturated rings. The minimum atomic E-state index is -0.301. The molecule has 10 aromatic rings. The van der Waals surface area contributed by atoms with Crippen LogP contribution in [0.1, 0.15) is 27.8 Å². The summed E-state index contributed by atoms with van der Waals surface area (Å²) in [6.45, 7) is 10.1. The molecule has 0 spiro atoms. The first-order chi connectivity index (χ1) is 28.0. The molecular weight excluding hydrogens is 786 g/mol. The van der Waals surface area contributed by atoms with Gasteiger partial charge in [0, 0.05) is 16.8 Å². The van der Waals surface area contributed by atoms with Crippen molar-refractivity contribution in [2.75, 3.05) is 10.6 Å². The van der Waals surface area contributed by atoms with Gasteiger partial charge >= 0.3 is 0 Å². The van der Waals surface area contributed by atoms with Gasteiger partial charge in [-0.3, -0.25) is 8.80 Å². The molecule has 0 radical (unpaired) electrons. The molecule has 10 rings (SSSR count). The van der Waals surface area contributed by atoms with Gasteiger partial charge in [-0.05, 0) is 106 Å². The second-order valence-electron chi connectivity index (χ2n) is 14.4. The molecular formula is C47H37ClF2N6S2. The summed E-state index contributed by atoms with van der Waals surface area (Å²) in [7, 11) is 0. The Balaban J connectivity index is 0.000000150. The van der Waals surface area contributed by atoms with Crippen LogP contribution < -0.4 is 10.6 Å². The van der Waals surface area contributed by atoms with Crippen LogP contribution in [0.2, 0.25) is 5.02 Å². The van der Waals surface area contributed by atoms with Crippen LogP contribution in [-0.2, 0) is 0 Å². The van der Waals surface area contributed by atoms with Crippen molar-refractivity contribution >= 4 is 87.6 Å². The molecule has 0 aliphatic heterocycles. The summed E-state index contributed by atoms with van der Waals surface area (Å²) in [4.78, 5) is 11.3. The Labute approximate surface area is 347 Å². The highest BCUT2D eigenvalue weighted by molar-refractivity contribution is 7.24. The number of nitrogens with one attached hydrogen (secondary N) is 2. The highest BCUT2D eigenvalue weighted by atomic mass is 35.5. The molecule has 0 aliphatic rings. The molecule has 4 heterocycles. The van der Waals surface area contributed by atoms with Crippen molar-refractivity contribution in [3.05, 3.63) is 166 Å². The molecule has 4 aromatic heterocycles. The van der Waals surface area contributed by atoms with E-state index in [1.165, 1.54) is 12.1 Å². The number of nitrogens with zero attached hydrogens (tertiary/aromatic N) is 4. The lowest BCUT2D eigenvalue weighted by molar-refractivity contribution is 0.630. The number of halogens is 3. The number of rotatable bonds is 6. The van der Waals surface area contributed by atoms with Crippen molar-refractivity contribution in [2.24, 2.45) is 0 Å². The molecule has 0 saturated heterocycles. The van der Waals surface area contributed by atoms with Gasteiger partial charge in [-0.2, -0.15) is 0 Å². The quantitative estimate of drug-likeness (QED) is 0.175. The smallest absolute Gasteiger partial charge is 0.197 e. The van der Waals surface area contributed by atoms with Crippen molar-refractivity contribution in [3.63, 3.8) is 0 Å². The fraction of sp³-hybridized carbons (Fsp3) is 0.106. The van der Waals surface area contributed by atoms with Crippen LogP contribution in [0, 0.1) is 46.3 Å². The average molecular weight is 823 g/mol. The predicted octanol–water partition coefficient (Wildman–Crippen LogP) is 14.4. The van der Waals surface area contributed by atoms with Crippen LogP contribution in [0.25, 0.3) is 52.9 Å². The van der Waals surface area contributed by atoms with Crippen molar-refractivity contribution < 1.29 is 8.78 Å². The zero-order valence-corrected chi connectivity index (χ0v) is 34.7. The largest absolute Gasteiger partial charge is 0.339 e. The summed E-state index contributed by atoms with van der Waals surface area (Å²) >= 11 is 9.67. The SMILES string of the molecule is Cc1ccc(F)c(-c2nc3sc4ccccc4n3c2Nc2c(C)cccc2C)c1.Cc1ccc(F)c(-c2nc3sc4ccccc4n3c2Nc2c(C)cccc2Cl)c1. The molecule has 0 saturated carbocycles. The standard InChI is InChI=1S/C24H20FN3S.C23H17ClFN3S/c1-14-11-12-18(25)17(13-14)22-23(26-21-15(2)7-6-8-16(21)3)28-19-9-4-5-10-20(19)29-24(28)27-22;1-13-10-11-17(25)15(12-13)21-22(26-20-14(2)6-5-7-16(20)24)28-18-8-3-4-9-19(18)29-23(28)27-21/h4-13,26H,1-3H3;3-12,26H,1-2H3. The first-order valence-corrected chi connectivity index (χ1v) is 20.7. The van der Waals surface area contributed by atoms with E-state index in [9.17, 15) is 8.78 Å². The molecule has 0 amide bonds. The zero-order valence-electron chi connectivity index (χ0n) is 32.3. The minimum absolute atomic E-state index is 0.268. The fourth-order valence-electron chi connectivity index (χ4n) is 7.32. The van der Waals surface area contributed by atoms with Crippen LogP contribution in [0.4, 0.5) is 31.8 Å². The molecule has 6 nitrogen and oxygen atoms in total. The number of benzene rings is 6. The maximum Gasteiger partial charge on any atom is 0.197 e. The number of aryl methyl sites for hydroxylation is 5. The highest BCUT2D eigenvalue weighted by Gasteiger charge is 2.24. The van der Waals surface area contributed by atoms with Gasteiger partial charge in [0.2, 0.25) is 0 Å². The third-order valence-electron chi connectivity index (χ3n) is 10.3. The van der Waals surface area contributed by atoms with E-state index in [4.69, 9.17) is 21.6 Å². The molecule has 0 atom stereocenters.